The summed E-state index contributed by atoms with van der Waals surface area (Å²) in [5, 5.41) is 13.1. The molecule has 1 aromatic carbocycles. The van der Waals surface area contributed by atoms with Crippen LogP contribution < -0.4 is 5.32 Å². The van der Waals surface area contributed by atoms with Crippen molar-refractivity contribution in [1.29, 1.82) is 5.26 Å². The van der Waals surface area contributed by atoms with E-state index in [2.05, 4.69) is 54.4 Å². The van der Waals surface area contributed by atoms with E-state index in [4.69, 9.17) is 0 Å². The molecule has 1 aliphatic heterocycles. The molecule has 106 valence electrons. The Kier molecular flexibility index (Phi) is 3.54. The topological polar surface area (TPSA) is 39.1 Å². The van der Waals surface area contributed by atoms with E-state index >= 15 is 0 Å². The normalized spacial score (nSPS) is 29.6. The second-order valence-corrected chi connectivity index (χ2v) is 6.56. The number of benzene rings is 1. The monoisotopic (exact) mass is 269 g/mol. The average Bonchev–Trinajstić information content (AvgIpc) is 3.02. The van der Waals surface area contributed by atoms with Crippen LogP contribution in [0, 0.1) is 11.3 Å². The fourth-order valence-corrected chi connectivity index (χ4v) is 3.77. The first-order valence-corrected chi connectivity index (χ1v) is 7.62. The second-order valence-electron chi connectivity index (χ2n) is 6.56. The zero-order valence-corrected chi connectivity index (χ0v) is 12.4. The third-order valence-corrected chi connectivity index (χ3v) is 4.65. The summed E-state index contributed by atoms with van der Waals surface area (Å²) in [6.45, 7) is 6.34. The summed E-state index contributed by atoms with van der Waals surface area (Å²) in [6.07, 6.45) is 3.05. The van der Waals surface area contributed by atoms with Crippen molar-refractivity contribution in [1.82, 2.24) is 10.2 Å². The van der Waals surface area contributed by atoms with Crippen molar-refractivity contribution in [3.8, 4) is 6.07 Å². The first kappa shape index (κ1) is 13.6. The summed E-state index contributed by atoms with van der Waals surface area (Å²) in [5.74, 6) is 0. The Morgan fingerprint density at radius 2 is 1.95 bits per heavy atom. The van der Waals surface area contributed by atoms with Crippen LogP contribution in [-0.2, 0) is 13.1 Å². The first-order valence-electron chi connectivity index (χ1n) is 7.62. The van der Waals surface area contributed by atoms with E-state index in [1.807, 2.05) is 0 Å². The number of rotatable bonds is 3. The number of fused-ring (bicyclic) bond motifs is 1. The fraction of sp³-hybridized carbons (Fsp3) is 0.588. The highest BCUT2D eigenvalue weighted by Crippen LogP contribution is 2.36. The summed E-state index contributed by atoms with van der Waals surface area (Å²) in [6, 6.07) is 12.2. The Morgan fingerprint density at radius 1 is 1.30 bits per heavy atom. The Labute approximate surface area is 121 Å². The zero-order chi connectivity index (χ0) is 14.2. The van der Waals surface area contributed by atoms with E-state index in [9.17, 15) is 5.26 Å². The Morgan fingerprint density at radius 3 is 2.50 bits per heavy atom. The number of nitrogens with one attached hydrogen (secondary N) is 1. The number of hydrogen-bond acceptors (Lipinski definition) is 3. The fourth-order valence-electron chi connectivity index (χ4n) is 3.77. The van der Waals surface area contributed by atoms with Crippen LogP contribution in [0.2, 0.25) is 0 Å². The lowest BCUT2D eigenvalue weighted by Crippen LogP contribution is -2.46. The molecule has 1 aliphatic carbocycles. The van der Waals surface area contributed by atoms with Crippen molar-refractivity contribution in [2.45, 2.75) is 63.8 Å². The number of nitrogens with zero attached hydrogens (tertiary/aromatic N) is 2. The van der Waals surface area contributed by atoms with Gasteiger partial charge in [0.2, 0.25) is 0 Å². The summed E-state index contributed by atoms with van der Waals surface area (Å²) in [7, 11) is 0. The summed E-state index contributed by atoms with van der Waals surface area (Å²) < 4.78 is 0. The lowest BCUT2D eigenvalue weighted by Gasteiger charge is -2.28. The molecule has 0 bridgehead atoms. The molecule has 1 N–H and O–H groups in total. The molecule has 0 saturated heterocycles. The largest absolute Gasteiger partial charge is 0.297 e. The zero-order valence-electron chi connectivity index (χ0n) is 12.4. The van der Waals surface area contributed by atoms with Crippen LogP contribution >= 0.6 is 0 Å². The minimum atomic E-state index is -0.312. The van der Waals surface area contributed by atoms with Gasteiger partial charge >= 0.3 is 0 Å². The Balaban J connectivity index is 1.69. The van der Waals surface area contributed by atoms with Crippen LogP contribution in [0.5, 0.6) is 0 Å². The summed E-state index contributed by atoms with van der Waals surface area (Å²) in [5.41, 5.74) is 2.60. The van der Waals surface area contributed by atoms with Crippen LogP contribution in [0.3, 0.4) is 0 Å². The molecule has 0 spiro atoms. The van der Waals surface area contributed by atoms with Gasteiger partial charge in [-0.05, 0) is 44.2 Å². The Bertz CT molecular complexity index is 506. The van der Waals surface area contributed by atoms with Crippen molar-refractivity contribution < 1.29 is 0 Å². The third-order valence-electron chi connectivity index (χ3n) is 4.65. The highest BCUT2D eigenvalue weighted by Gasteiger charge is 2.42. The van der Waals surface area contributed by atoms with E-state index in [-0.39, 0.29) is 5.54 Å². The van der Waals surface area contributed by atoms with Gasteiger partial charge in [0.15, 0.2) is 0 Å². The van der Waals surface area contributed by atoms with Crippen LogP contribution in [0.1, 0.15) is 44.2 Å². The van der Waals surface area contributed by atoms with E-state index in [1.54, 1.807) is 0 Å². The van der Waals surface area contributed by atoms with Gasteiger partial charge in [-0.25, -0.2) is 0 Å². The van der Waals surface area contributed by atoms with Crippen LogP contribution in [0.15, 0.2) is 24.3 Å². The molecule has 3 nitrogen and oxygen atoms in total. The van der Waals surface area contributed by atoms with E-state index in [0.29, 0.717) is 12.1 Å². The van der Waals surface area contributed by atoms with Crippen molar-refractivity contribution in [2.24, 2.45) is 0 Å². The van der Waals surface area contributed by atoms with Gasteiger partial charge in [-0.2, -0.15) is 5.26 Å². The van der Waals surface area contributed by atoms with E-state index in [1.165, 1.54) is 11.1 Å². The highest BCUT2D eigenvalue weighted by molar-refractivity contribution is 5.31. The van der Waals surface area contributed by atoms with Gasteiger partial charge < -0.3 is 0 Å². The van der Waals surface area contributed by atoms with Crippen molar-refractivity contribution in [3.63, 3.8) is 0 Å². The molecule has 2 unspecified atom stereocenters. The van der Waals surface area contributed by atoms with Gasteiger partial charge in [-0.15, -0.1) is 0 Å². The van der Waals surface area contributed by atoms with E-state index in [0.717, 1.165) is 32.4 Å². The van der Waals surface area contributed by atoms with E-state index < -0.39 is 0 Å². The molecule has 1 heterocycles. The summed E-state index contributed by atoms with van der Waals surface area (Å²) in [4.78, 5) is 2.55. The lowest BCUT2D eigenvalue weighted by atomic mass is 9.98. The van der Waals surface area contributed by atoms with Crippen LogP contribution in [0.25, 0.3) is 0 Å². The van der Waals surface area contributed by atoms with Gasteiger partial charge in [-0.1, -0.05) is 24.3 Å². The lowest BCUT2D eigenvalue weighted by molar-refractivity contribution is 0.193. The van der Waals surface area contributed by atoms with Crippen LogP contribution in [-0.4, -0.2) is 22.5 Å². The minimum Gasteiger partial charge on any atom is -0.297 e. The van der Waals surface area contributed by atoms with Gasteiger partial charge in [0, 0.05) is 25.2 Å². The standard InChI is InChI=1S/C17H23N3/c1-13(2)19-17(12-18)8-7-16(9-17)20-10-14-5-3-4-6-15(14)11-20/h3-6,13,16,19H,7-11H2,1-2H3. The van der Waals surface area contributed by atoms with Crippen LogP contribution in [0.4, 0.5) is 0 Å². The third kappa shape index (κ3) is 2.46. The maximum atomic E-state index is 9.57. The molecule has 0 amide bonds. The van der Waals surface area contributed by atoms with Gasteiger partial charge in [0.1, 0.15) is 5.54 Å². The van der Waals surface area contributed by atoms with Crippen molar-refractivity contribution >= 4 is 0 Å². The molecule has 3 rings (SSSR count). The molecule has 1 aromatic rings. The van der Waals surface area contributed by atoms with Crippen molar-refractivity contribution in [3.05, 3.63) is 35.4 Å². The molecule has 20 heavy (non-hydrogen) atoms. The molecule has 1 saturated carbocycles. The van der Waals surface area contributed by atoms with Crippen molar-refractivity contribution in [2.75, 3.05) is 0 Å². The molecular formula is C17H23N3. The molecule has 1 fully saturated rings. The number of hydrogen-bond donors (Lipinski definition) is 1. The molecule has 3 heteroatoms. The summed E-state index contributed by atoms with van der Waals surface area (Å²) >= 11 is 0. The second kappa shape index (κ2) is 5.20. The predicted octanol–water partition coefficient (Wildman–Crippen LogP) is 2.82. The quantitative estimate of drug-likeness (QED) is 0.917. The Hall–Kier alpha value is -1.37. The maximum absolute atomic E-state index is 9.57. The maximum Gasteiger partial charge on any atom is 0.108 e. The molecule has 2 aliphatic rings. The first-order chi connectivity index (χ1) is 9.62. The molecule has 0 radical (unpaired) electrons. The van der Waals surface area contributed by atoms with Gasteiger partial charge in [0.25, 0.3) is 0 Å². The smallest absolute Gasteiger partial charge is 0.108 e. The average molecular weight is 269 g/mol. The molecule has 0 aromatic heterocycles. The highest BCUT2D eigenvalue weighted by atomic mass is 15.2. The van der Waals surface area contributed by atoms with Gasteiger partial charge in [0.05, 0.1) is 6.07 Å². The molecular weight excluding hydrogens is 246 g/mol. The number of nitriles is 1. The molecule has 2 atom stereocenters. The minimum absolute atomic E-state index is 0.312. The SMILES string of the molecule is CC(C)NC1(C#N)CCC(N2Cc3ccccc3C2)C1. The predicted molar refractivity (Wildman–Crippen MR) is 79.9 cm³/mol. The van der Waals surface area contributed by atoms with Gasteiger partial charge in [-0.3, -0.25) is 10.2 Å².